The van der Waals surface area contributed by atoms with Crippen LogP contribution >= 0.6 is 0 Å². The molecule has 0 aromatic heterocycles. The highest BCUT2D eigenvalue weighted by Crippen LogP contribution is 2.35. The summed E-state index contributed by atoms with van der Waals surface area (Å²) in [6.07, 6.45) is 0.618. The van der Waals surface area contributed by atoms with Crippen molar-refractivity contribution in [1.29, 1.82) is 0 Å². The van der Waals surface area contributed by atoms with Crippen molar-refractivity contribution in [2.75, 3.05) is 14.2 Å². The Kier molecular flexibility index (Phi) is 4.48. The van der Waals surface area contributed by atoms with Gasteiger partial charge in [0.2, 0.25) is 0 Å². The summed E-state index contributed by atoms with van der Waals surface area (Å²) in [7, 11) is 3.18. The fourth-order valence-corrected chi connectivity index (χ4v) is 2.41. The third-order valence-corrected chi connectivity index (χ3v) is 3.76. The van der Waals surface area contributed by atoms with Crippen molar-refractivity contribution >= 4 is 0 Å². The topological polar surface area (TPSA) is 44.5 Å². The Morgan fingerprint density at radius 3 is 2.10 bits per heavy atom. The number of methoxy groups -OCH3 is 2. The quantitative estimate of drug-likeness (QED) is 0.917. The van der Waals surface area contributed by atoms with Crippen molar-refractivity contribution in [3.8, 4) is 11.5 Å². The Hall–Kier alpha value is -2.07. The maximum Gasteiger partial charge on any atom is 0.123 e. The zero-order valence-corrected chi connectivity index (χ0v) is 12.5. The molecule has 2 aromatic rings. The summed E-state index contributed by atoms with van der Waals surface area (Å²) in [6.45, 7) is 1.97. The fourth-order valence-electron chi connectivity index (χ4n) is 2.41. The maximum absolute atomic E-state index is 13.5. The Balaban J connectivity index is 2.59. The van der Waals surface area contributed by atoms with Crippen LogP contribution in [0.5, 0.6) is 11.5 Å². The standard InChI is InChI=1S/C17H20FNO2/c1-4-17(19,12-6-5-7-14(18)8-12)13-9-15(20-2)11-16(10-13)21-3/h5-11H,4,19H2,1-3H3. The van der Waals surface area contributed by atoms with Crippen LogP contribution in [0.2, 0.25) is 0 Å². The van der Waals surface area contributed by atoms with E-state index in [2.05, 4.69) is 0 Å². The van der Waals surface area contributed by atoms with Gasteiger partial charge in [0.05, 0.1) is 19.8 Å². The molecule has 0 saturated heterocycles. The molecule has 0 heterocycles. The van der Waals surface area contributed by atoms with Crippen LogP contribution in [-0.2, 0) is 5.54 Å². The zero-order chi connectivity index (χ0) is 15.5. The van der Waals surface area contributed by atoms with Gasteiger partial charge >= 0.3 is 0 Å². The van der Waals surface area contributed by atoms with Gasteiger partial charge in [0.25, 0.3) is 0 Å². The average Bonchev–Trinajstić information content (AvgIpc) is 2.53. The predicted molar refractivity (Wildman–Crippen MR) is 81.2 cm³/mol. The molecule has 0 spiro atoms. The zero-order valence-electron chi connectivity index (χ0n) is 12.5. The summed E-state index contributed by atoms with van der Waals surface area (Å²) >= 11 is 0. The van der Waals surface area contributed by atoms with E-state index >= 15 is 0 Å². The smallest absolute Gasteiger partial charge is 0.123 e. The third kappa shape index (κ3) is 3.00. The fraction of sp³-hybridized carbons (Fsp3) is 0.294. The lowest BCUT2D eigenvalue weighted by Crippen LogP contribution is -2.37. The van der Waals surface area contributed by atoms with Gasteiger partial charge in [-0.2, -0.15) is 0 Å². The molecule has 112 valence electrons. The molecule has 0 bridgehead atoms. The monoisotopic (exact) mass is 289 g/mol. The molecule has 0 saturated carbocycles. The molecular formula is C17H20FNO2. The van der Waals surface area contributed by atoms with Gasteiger partial charge in [-0.25, -0.2) is 4.39 Å². The van der Waals surface area contributed by atoms with E-state index in [0.29, 0.717) is 17.9 Å². The van der Waals surface area contributed by atoms with Gasteiger partial charge in [0, 0.05) is 6.07 Å². The van der Waals surface area contributed by atoms with E-state index in [1.165, 1.54) is 12.1 Å². The predicted octanol–water partition coefficient (Wildman–Crippen LogP) is 3.46. The van der Waals surface area contributed by atoms with Crippen LogP contribution in [0.4, 0.5) is 4.39 Å². The normalized spacial score (nSPS) is 13.6. The minimum atomic E-state index is -0.802. The first-order chi connectivity index (χ1) is 10.0. The highest BCUT2D eigenvalue weighted by atomic mass is 19.1. The average molecular weight is 289 g/mol. The van der Waals surface area contributed by atoms with E-state index in [1.54, 1.807) is 26.4 Å². The number of hydrogen-bond acceptors (Lipinski definition) is 3. The van der Waals surface area contributed by atoms with E-state index < -0.39 is 5.54 Å². The Morgan fingerprint density at radius 1 is 1.00 bits per heavy atom. The Labute approximate surface area is 124 Å². The van der Waals surface area contributed by atoms with Gasteiger partial charge in [-0.3, -0.25) is 0 Å². The van der Waals surface area contributed by atoms with Gasteiger partial charge in [0.1, 0.15) is 17.3 Å². The first kappa shape index (κ1) is 15.3. The summed E-state index contributed by atoms with van der Waals surface area (Å²) in [5.74, 6) is 1.01. The molecule has 4 heteroatoms. The molecule has 0 aliphatic heterocycles. The summed E-state index contributed by atoms with van der Waals surface area (Å²) in [6, 6.07) is 11.9. The highest BCUT2D eigenvalue weighted by Gasteiger charge is 2.29. The van der Waals surface area contributed by atoms with Crippen molar-refractivity contribution < 1.29 is 13.9 Å². The van der Waals surface area contributed by atoms with Gasteiger partial charge in [-0.05, 0) is 41.8 Å². The van der Waals surface area contributed by atoms with Crippen LogP contribution < -0.4 is 15.2 Å². The molecule has 1 unspecified atom stereocenters. The number of hydrogen-bond donors (Lipinski definition) is 1. The van der Waals surface area contributed by atoms with E-state index in [0.717, 1.165) is 11.1 Å². The number of ether oxygens (including phenoxy) is 2. The van der Waals surface area contributed by atoms with Crippen LogP contribution in [-0.4, -0.2) is 14.2 Å². The summed E-state index contributed by atoms with van der Waals surface area (Å²) in [4.78, 5) is 0. The van der Waals surface area contributed by atoms with E-state index in [1.807, 2.05) is 25.1 Å². The van der Waals surface area contributed by atoms with Gasteiger partial charge in [0.15, 0.2) is 0 Å². The largest absolute Gasteiger partial charge is 0.497 e. The molecule has 3 nitrogen and oxygen atoms in total. The number of nitrogens with two attached hydrogens (primary N) is 1. The van der Waals surface area contributed by atoms with Gasteiger partial charge in [-0.15, -0.1) is 0 Å². The molecular weight excluding hydrogens is 269 g/mol. The van der Waals surface area contributed by atoms with E-state index in [9.17, 15) is 4.39 Å². The number of rotatable bonds is 5. The Bertz CT molecular complexity index is 608. The molecule has 0 aliphatic carbocycles. The molecule has 0 aliphatic rings. The second kappa shape index (κ2) is 6.14. The second-order valence-electron chi connectivity index (χ2n) is 4.94. The van der Waals surface area contributed by atoms with Crippen LogP contribution in [0.15, 0.2) is 42.5 Å². The van der Waals surface area contributed by atoms with Crippen molar-refractivity contribution in [2.24, 2.45) is 5.73 Å². The van der Waals surface area contributed by atoms with Crippen LogP contribution in [0.1, 0.15) is 24.5 Å². The van der Waals surface area contributed by atoms with Crippen LogP contribution in [0, 0.1) is 5.82 Å². The maximum atomic E-state index is 13.5. The van der Waals surface area contributed by atoms with Crippen molar-refractivity contribution in [3.05, 3.63) is 59.4 Å². The molecule has 21 heavy (non-hydrogen) atoms. The van der Waals surface area contributed by atoms with Crippen LogP contribution in [0.25, 0.3) is 0 Å². The lowest BCUT2D eigenvalue weighted by molar-refractivity contribution is 0.389. The SMILES string of the molecule is CCC(N)(c1cccc(F)c1)c1cc(OC)cc(OC)c1. The first-order valence-corrected chi connectivity index (χ1v) is 6.82. The van der Waals surface area contributed by atoms with Gasteiger partial charge < -0.3 is 15.2 Å². The third-order valence-electron chi connectivity index (χ3n) is 3.76. The molecule has 1 atom stereocenters. The van der Waals surface area contributed by atoms with E-state index in [4.69, 9.17) is 15.2 Å². The number of benzene rings is 2. The number of halogens is 1. The molecule has 0 fully saturated rings. The van der Waals surface area contributed by atoms with E-state index in [-0.39, 0.29) is 5.82 Å². The Morgan fingerprint density at radius 2 is 1.62 bits per heavy atom. The molecule has 2 N–H and O–H groups in total. The van der Waals surface area contributed by atoms with Crippen molar-refractivity contribution in [3.63, 3.8) is 0 Å². The molecule has 0 amide bonds. The van der Waals surface area contributed by atoms with Crippen molar-refractivity contribution in [1.82, 2.24) is 0 Å². The van der Waals surface area contributed by atoms with Crippen LogP contribution in [0.3, 0.4) is 0 Å². The second-order valence-corrected chi connectivity index (χ2v) is 4.94. The lowest BCUT2D eigenvalue weighted by Gasteiger charge is -2.30. The lowest BCUT2D eigenvalue weighted by atomic mass is 9.81. The minimum absolute atomic E-state index is 0.300. The van der Waals surface area contributed by atoms with Gasteiger partial charge in [-0.1, -0.05) is 19.1 Å². The summed E-state index contributed by atoms with van der Waals surface area (Å²) < 4.78 is 24.1. The highest BCUT2D eigenvalue weighted by molar-refractivity contribution is 5.46. The minimum Gasteiger partial charge on any atom is -0.497 e. The summed E-state index contributed by atoms with van der Waals surface area (Å²) in [5, 5.41) is 0. The molecule has 0 radical (unpaired) electrons. The van der Waals surface area contributed by atoms with Crippen molar-refractivity contribution in [2.45, 2.75) is 18.9 Å². The first-order valence-electron chi connectivity index (χ1n) is 6.82. The molecule has 2 rings (SSSR count). The molecule has 2 aromatic carbocycles. The summed E-state index contributed by atoms with van der Waals surface area (Å²) in [5.41, 5.74) is 7.32.